The number of pyridine rings is 1. The first-order valence-electron chi connectivity index (χ1n) is 4.47. The largest absolute Gasteiger partial charge is 0.433 e. The van der Waals surface area contributed by atoms with E-state index in [1.165, 1.54) is 0 Å². The van der Waals surface area contributed by atoms with Crippen molar-refractivity contribution in [3.8, 4) is 0 Å². The fourth-order valence-electron chi connectivity index (χ4n) is 1.37. The molecular weight excluding hydrogens is 370 g/mol. The molecule has 0 amide bonds. The lowest BCUT2D eigenvalue weighted by Crippen LogP contribution is -2.44. The number of alkyl halides is 3. The first-order valence-corrected chi connectivity index (χ1v) is 9.42. The van der Waals surface area contributed by atoms with Gasteiger partial charge in [-0.1, -0.05) is 31.2 Å². The van der Waals surface area contributed by atoms with E-state index in [4.69, 9.17) is 11.6 Å². The van der Waals surface area contributed by atoms with Crippen LogP contribution in [-0.4, -0.2) is 13.1 Å². The first-order chi connectivity index (χ1) is 7.05. The van der Waals surface area contributed by atoms with Crippen molar-refractivity contribution in [2.24, 2.45) is 0 Å². The smallest absolute Gasteiger partial charge is 0.251 e. The molecule has 0 aliphatic heterocycles. The Kier molecular flexibility index (Phi) is 3.96. The number of rotatable bonds is 1. The van der Waals surface area contributed by atoms with Crippen LogP contribution in [0.4, 0.5) is 13.2 Å². The fourth-order valence-corrected chi connectivity index (χ4v) is 4.73. The van der Waals surface area contributed by atoms with Crippen LogP contribution in [0.3, 0.4) is 0 Å². The number of hydrogen-bond donors (Lipinski definition) is 0. The summed E-state index contributed by atoms with van der Waals surface area (Å²) in [6, 6.07) is 0. The van der Waals surface area contributed by atoms with Crippen LogP contribution < -0.4 is 5.19 Å². The molecule has 1 aromatic heterocycles. The van der Waals surface area contributed by atoms with Crippen LogP contribution in [0, 0.1) is 3.57 Å². The molecule has 0 spiro atoms. The lowest BCUT2D eigenvalue weighted by Gasteiger charge is -2.23. The number of hydrogen-bond acceptors (Lipinski definition) is 1. The molecule has 0 radical (unpaired) electrons. The molecule has 1 aromatic rings. The molecule has 0 unspecified atom stereocenters. The van der Waals surface area contributed by atoms with E-state index in [2.05, 4.69) is 4.98 Å². The van der Waals surface area contributed by atoms with E-state index in [0.717, 1.165) is 6.20 Å². The van der Waals surface area contributed by atoms with Gasteiger partial charge in [0.1, 0.15) is 5.69 Å². The van der Waals surface area contributed by atoms with Crippen molar-refractivity contribution in [1.82, 2.24) is 4.98 Å². The summed E-state index contributed by atoms with van der Waals surface area (Å²) in [5.41, 5.74) is -0.836. The lowest BCUT2D eigenvalue weighted by atomic mass is 10.3. The Morgan fingerprint density at radius 3 is 2.19 bits per heavy atom. The minimum atomic E-state index is -4.44. The predicted octanol–water partition coefficient (Wildman–Crippen LogP) is 3.90. The van der Waals surface area contributed by atoms with Crippen LogP contribution in [0.1, 0.15) is 5.69 Å². The third-order valence-electron chi connectivity index (χ3n) is 1.99. The summed E-state index contributed by atoms with van der Waals surface area (Å²) in [6.07, 6.45) is -3.28. The monoisotopic (exact) mass is 379 g/mol. The van der Waals surface area contributed by atoms with Gasteiger partial charge >= 0.3 is 6.18 Å². The maximum Gasteiger partial charge on any atom is 0.433 e. The maximum atomic E-state index is 12.8. The Bertz CT molecular complexity index is 414. The lowest BCUT2D eigenvalue weighted by molar-refractivity contribution is -0.140. The second-order valence-corrected chi connectivity index (χ2v) is 10.9. The van der Waals surface area contributed by atoms with Gasteiger partial charge in [-0.25, -0.2) is 0 Å². The number of halogens is 5. The van der Waals surface area contributed by atoms with Crippen LogP contribution in [0.5, 0.6) is 0 Å². The molecule has 0 saturated carbocycles. The van der Waals surface area contributed by atoms with E-state index in [1.807, 2.05) is 42.2 Å². The van der Waals surface area contributed by atoms with Gasteiger partial charge in [-0.3, -0.25) is 4.98 Å². The molecular formula is C9H10ClF3INSi. The molecule has 0 bridgehead atoms. The second kappa shape index (κ2) is 4.45. The standard InChI is InChI=1S/C9H10ClF3INSi/c1-16(2,3)7-6(10)5(14)4-15-8(7)9(11,12)13/h4H,1-3H3. The van der Waals surface area contributed by atoms with Crippen LogP contribution in [0.2, 0.25) is 24.7 Å². The molecule has 90 valence electrons. The molecule has 0 N–H and O–H groups in total. The van der Waals surface area contributed by atoms with Gasteiger partial charge in [0, 0.05) is 9.77 Å². The summed E-state index contributed by atoms with van der Waals surface area (Å²) in [7, 11) is -2.18. The van der Waals surface area contributed by atoms with Gasteiger partial charge < -0.3 is 0 Å². The van der Waals surface area contributed by atoms with E-state index >= 15 is 0 Å². The van der Waals surface area contributed by atoms with Gasteiger partial charge in [0.25, 0.3) is 0 Å². The highest BCUT2D eigenvalue weighted by atomic mass is 127. The van der Waals surface area contributed by atoms with E-state index in [0.29, 0.717) is 3.57 Å². The van der Waals surface area contributed by atoms with Crippen molar-refractivity contribution in [3.63, 3.8) is 0 Å². The Hall–Kier alpha value is 0.177. The zero-order valence-corrected chi connectivity index (χ0v) is 12.8. The third-order valence-corrected chi connectivity index (χ3v) is 5.67. The second-order valence-electron chi connectivity index (χ2n) is 4.39. The van der Waals surface area contributed by atoms with Crippen molar-refractivity contribution in [1.29, 1.82) is 0 Å². The molecule has 7 heteroatoms. The molecule has 0 aliphatic rings. The average molecular weight is 380 g/mol. The highest BCUT2D eigenvalue weighted by Crippen LogP contribution is 2.31. The van der Waals surface area contributed by atoms with Gasteiger partial charge in [0.05, 0.1) is 13.1 Å². The van der Waals surface area contributed by atoms with Gasteiger partial charge in [-0.15, -0.1) is 0 Å². The summed E-state index contributed by atoms with van der Waals surface area (Å²) in [5, 5.41) is 0.385. The normalized spacial score (nSPS) is 13.0. The summed E-state index contributed by atoms with van der Waals surface area (Å²) in [4.78, 5) is 3.49. The average Bonchev–Trinajstić information content (AvgIpc) is 2.05. The fraction of sp³-hybridized carbons (Fsp3) is 0.444. The third kappa shape index (κ3) is 2.89. The van der Waals surface area contributed by atoms with E-state index in [-0.39, 0.29) is 10.2 Å². The van der Waals surface area contributed by atoms with Crippen molar-refractivity contribution in [2.45, 2.75) is 25.8 Å². The molecule has 1 nitrogen and oxygen atoms in total. The van der Waals surface area contributed by atoms with Crippen molar-refractivity contribution in [2.75, 3.05) is 0 Å². The summed E-state index contributed by atoms with van der Waals surface area (Å²) in [6.45, 7) is 5.46. The zero-order valence-electron chi connectivity index (χ0n) is 8.91. The van der Waals surface area contributed by atoms with Gasteiger partial charge in [-0.05, 0) is 27.8 Å². The molecule has 16 heavy (non-hydrogen) atoms. The molecule has 0 fully saturated rings. The van der Waals surface area contributed by atoms with E-state index in [1.54, 1.807) is 0 Å². The minimum absolute atomic E-state index is 0.188. The van der Waals surface area contributed by atoms with Crippen molar-refractivity contribution >= 4 is 47.5 Å². The molecule has 0 aromatic carbocycles. The zero-order chi connectivity index (χ0) is 12.7. The molecule has 0 saturated heterocycles. The first kappa shape index (κ1) is 14.2. The molecule has 1 heterocycles. The number of nitrogens with zero attached hydrogens (tertiary/aromatic N) is 1. The quantitative estimate of drug-likeness (QED) is 0.533. The predicted molar refractivity (Wildman–Crippen MR) is 69.9 cm³/mol. The Morgan fingerprint density at radius 1 is 1.31 bits per heavy atom. The van der Waals surface area contributed by atoms with Crippen LogP contribution in [0.25, 0.3) is 0 Å². The highest BCUT2D eigenvalue weighted by molar-refractivity contribution is 14.1. The SMILES string of the molecule is C[Si](C)(C)c1c(C(F)(F)F)ncc(I)c1Cl. The number of aromatic nitrogens is 1. The molecule has 0 aliphatic carbocycles. The molecule has 1 rings (SSSR count). The minimum Gasteiger partial charge on any atom is -0.251 e. The Morgan fingerprint density at radius 2 is 1.81 bits per heavy atom. The molecule has 0 atom stereocenters. The van der Waals surface area contributed by atoms with E-state index < -0.39 is 19.9 Å². The van der Waals surface area contributed by atoms with E-state index in [9.17, 15) is 13.2 Å². The van der Waals surface area contributed by atoms with Crippen LogP contribution >= 0.6 is 34.2 Å². The Balaban J connectivity index is 3.59. The topological polar surface area (TPSA) is 12.9 Å². The summed E-state index contributed by atoms with van der Waals surface area (Å²) >= 11 is 7.87. The van der Waals surface area contributed by atoms with Gasteiger partial charge in [-0.2, -0.15) is 13.2 Å². The van der Waals surface area contributed by atoms with Gasteiger partial charge in [0.15, 0.2) is 0 Å². The highest BCUT2D eigenvalue weighted by Gasteiger charge is 2.40. The maximum absolute atomic E-state index is 12.8. The van der Waals surface area contributed by atoms with Crippen molar-refractivity contribution < 1.29 is 13.2 Å². The summed E-state index contributed by atoms with van der Waals surface area (Å²) in [5.74, 6) is 0. The van der Waals surface area contributed by atoms with Crippen molar-refractivity contribution in [3.05, 3.63) is 20.5 Å². The van der Waals surface area contributed by atoms with Crippen LogP contribution in [0.15, 0.2) is 6.20 Å². The van der Waals surface area contributed by atoms with Gasteiger partial charge in [0.2, 0.25) is 0 Å². The van der Waals surface area contributed by atoms with Crippen LogP contribution in [-0.2, 0) is 6.18 Å². The summed E-state index contributed by atoms with van der Waals surface area (Å²) < 4.78 is 38.9. The Labute approximate surface area is 112 Å².